The van der Waals surface area contributed by atoms with Crippen molar-refractivity contribution in [2.24, 2.45) is 0 Å². The number of amides is 2. The van der Waals surface area contributed by atoms with Gasteiger partial charge in [0.15, 0.2) is 5.67 Å². The van der Waals surface area contributed by atoms with E-state index in [1.165, 1.54) is 30.3 Å². The highest BCUT2D eigenvalue weighted by Crippen LogP contribution is 2.40. The second-order valence-corrected chi connectivity index (χ2v) is 12.9. The molecule has 228 valence electrons. The molecule has 0 bridgehead atoms. The molecule has 0 unspecified atom stereocenters. The lowest BCUT2D eigenvalue weighted by Gasteiger charge is -2.40. The van der Waals surface area contributed by atoms with Crippen LogP contribution in [0.2, 0.25) is 5.02 Å². The van der Waals surface area contributed by atoms with E-state index in [4.69, 9.17) is 16.3 Å². The molecule has 2 aliphatic heterocycles. The molecule has 1 N–H and O–H groups in total. The first-order valence-corrected chi connectivity index (χ1v) is 15.4. The molecule has 4 rings (SSSR count). The number of rotatable bonds is 9. The van der Waals surface area contributed by atoms with Gasteiger partial charge in [-0.3, -0.25) is 9.59 Å². The van der Waals surface area contributed by atoms with Gasteiger partial charge in [-0.25, -0.2) is 21.6 Å². The smallest absolute Gasteiger partial charge is 0.282 e. The lowest BCUT2D eigenvalue weighted by atomic mass is 9.89. The molecule has 2 saturated heterocycles. The number of nitrogens with one attached hydrogen (secondary N) is 1. The summed E-state index contributed by atoms with van der Waals surface area (Å²) in [6.07, 6.45) is 1.58. The molecule has 0 aromatic heterocycles. The van der Waals surface area contributed by atoms with E-state index in [0.717, 1.165) is 11.0 Å². The van der Waals surface area contributed by atoms with E-state index in [1.54, 1.807) is 36.4 Å². The van der Waals surface area contributed by atoms with Gasteiger partial charge < -0.3 is 15.0 Å². The number of benzene rings is 2. The minimum Gasteiger partial charge on any atom is -0.494 e. The van der Waals surface area contributed by atoms with Crippen LogP contribution in [0.5, 0.6) is 5.75 Å². The fourth-order valence-electron chi connectivity index (χ4n) is 5.13. The molecule has 2 fully saturated rings. The zero-order chi connectivity index (χ0) is 30.9. The Hall–Kier alpha value is -3.09. The van der Waals surface area contributed by atoms with Crippen LogP contribution in [0.1, 0.15) is 33.6 Å². The number of hydrogen-bond donors (Lipinski definition) is 1. The van der Waals surface area contributed by atoms with E-state index >= 15 is 4.39 Å². The predicted octanol–water partition coefficient (Wildman–Crippen LogP) is 4.83. The Morgan fingerprint density at radius 1 is 1.17 bits per heavy atom. The summed E-state index contributed by atoms with van der Waals surface area (Å²) in [6.45, 7) is 3.64. The molecule has 0 spiro atoms. The SMILES string of the molecule is CCOc1ccc(S(=O)(=O)N2CC[C@@](F)(C(=O)N[C@H](C)/C=C/C(=O)N3CC(F)(F)C3)C[C@H]2C)c(-c2ccccc2Cl)c1. The summed E-state index contributed by atoms with van der Waals surface area (Å²) >= 11 is 6.42. The number of carbonyl (C=O) groups is 2. The molecular weight excluding hydrogens is 595 g/mol. The number of hydrogen-bond acceptors (Lipinski definition) is 5. The number of nitrogens with zero attached hydrogens (tertiary/aromatic N) is 2. The Bertz CT molecular complexity index is 1480. The maximum atomic E-state index is 15.9. The zero-order valence-corrected chi connectivity index (χ0v) is 25.0. The minimum absolute atomic E-state index is 0.0231. The first-order valence-electron chi connectivity index (χ1n) is 13.6. The van der Waals surface area contributed by atoms with Gasteiger partial charge in [0.1, 0.15) is 5.75 Å². The Balaban J connectivity index is 1.48. The van der Waals surface area contributed by atoms with Gasteiger partial charge in [0.05, 0.1) is 24.6 Å². The lowest BCUT2D eigenvalue weighted by Crippen LogP contribution is -2.58. The second-order valence-electron chi connectivity index (χ2n) is 10.6. The summed E-state index contributed by atoms with van der Waals surface area (Å²) in [4.78, 5) is 25.8. The number of piperidine rings is 1. The third-order valence-electron chi connectivity index (χ3n) is 7.30. The highest BCUT2D eigenvalue weighted by molar-refractivity contribution is 7.89. The van der Waals surface area contributed by atoms with E-state index < -0.39 is 65.0 Å². The number of carbonyl (C=O) groups excluding carboxylic acids is 2. The monoisotopic (exact) mass is 627 g/mol. The summed E-state index contributed by atoms with van der Waals surface area (Å²) in [5, 5.41) is 2.83. The van der Waals surface area contributed by atoms with Crippen molar-refractivity contribution in [1.29, 1.82) is 0 Å². The van der Waals surface area contributed by atoms with Crippen molar-refractivity contribution < 1.29 is 35.9 Å². The Labute approximate surface area is 248 Å². The predicted molar refractivity (Wildman–Crippen MR) is 153 cm³/mol. The number of likely N-dealkylation sites (tertiary alicyclic amines) is 1. The van der Waals surface area contributed by atoms with E-state index in [2.05, 4.69) is 5.32 Å². The van der Waals surface area contributed by atoms with Crippen molar-refractivity contribution >= 4 is 33.4 Å². The van der Waals surface area contributed by atoms with Gasteiger partial charge in [-0.2, -0.15) is 4.31 Å². The molecule has 2 aromatic rings. The highest BCUT2D eigenvalue weighted by Gasteiger charge is 2.48. The summed E-state index contributed by atoms with van der Waals surface area (Å²) in [7, 11) is -4.16. The molecule has 2 heterocycles. The second kappa shape index (κ2) is 12.3. The Kier molecular flexibility index (Phi) is 9.29. The molecule has 0 saturated carbocycles. The van der Waals surface area contributed by atoms with Crippen LogP contribution in [-0.2, 0) is 19.6 Å². The zero-order valence-electron chi connectivity index (χ0n) is 23.4. The third kappa shape index (κ3) is 6.76. The molecule has 0 radical (unpaired) electrons. The summed E-state index contributed by atoms with van der Waals surface area (Å²) in [6, 6.07) is 9.76. The van der Waals surface area contributed by atoms with Crippen LogP contribution in [0.4, 0.5) is 13.2 Å². The average molecular weight is 628 g/mol. The molecule has 2 amide bonds. The fourth-order valence-corrected chi connectivity index (χ4v) is 7.19. The van der Waals surface area contributed by atoms with Crippen molar-refractivity contribution in [1.82, 2.24) is 14.5 Å². The third-order valence-corrected chi connectivity index (χ3v) is 9.70. The topological polar surface area (TPSA) is 96.0 Å². The van der Waals surface area contributed by atoms with E-state index in [9.17, 15) is 26.8 Å². The van der Waals surface area contributed by atoms with Crippen LogP contribution in [0, 0.1) is 0 Å². The van der Waals surface area contributed by atoms with Gasteiger partial charge in [-0.1, -0.05) is 35.9 Å². The molecule has 42 heavy (non-hydrogen) atoms. The van der Waals surface area contributed by atoms with Crippen LogP contribution < -0.4 is 10.1 Å². The average Bonchev–Trinajstić information content (AvgIpc) is 2.90. The van der Waals surface area contributed by atoms with Crippen LogP contribution in [0.15, 0.2) is 59.5 Å². The van der Waals surface area contributed by atoms with Gasteiger partial charge >= 0.3 is 0 Å². The van der Waals surface area contributed by atoms with Crippen molar-refractivity contribution in [3.8, 4) is 16.9 Å². The Morgan fingerprint density at radius 3 is 2.48 bits per heavy atom. The van der Waals surface area contributed by atoms with Crippen LogP contribution in [0.25, 0.3) is 11.1 Å². The highest BCUT2D eigenvalue weighted by atomic mass is 35.5. The normalized spacial score (nSPS) is 23.3. The molecule has 3 atom stereocenters. The maximum absolute atomic E-state index is 15.9. The van der Waals surface area contributed by atoms with Crippen molar-refractivity contribution in [3.63, 3.8) is 0 Å². The number of ether oxygens (including phenoxy) is 1. The molecule has 0 aliphatic carbocycles. The van der Waals surface area contributed by atoms with Crippen LogP contribution in [-0.4, -0.2) is 79.4 Å². The van der Waals surface area contributed by atoms with Crippen molar-refractivity contribution in [2.75, 3.05) is 26.2 Å². The molecular formula is C29H33ClF3N3O5S. The van der Waals surface area contributed by atoms with Gasteiger partial charge in [0.2, 0.25) is 15.9 Å². The summed E-state index contributed by atoms with van der Waals surface area (Å²) in [5.74, 6) is -4.00. The largest absolute Gasteiger partial charge is 0.494 e. The molecule has 2 aliphatic rings. The van der Waals surface area contributed by atoms with Crippen molar-refractivity contribution in [3.05, 3.63) is 59.6 Å². The fraction of sp³-hybridized carbons (Fsp3) is 0.448. The van der Waals surface area contributed by atoms with Gasteiger partial charge in [-0.15, -0.1) is 0 Å². The van der Waals surface area contributed by atoms with E-state index in [-0.39, 0.29) is 17.9 Å². The summed E-state index contributed by atoms with van der Waals surface area (Å²) < 4.78 is 76.5. The first kappa shape index (κ1) is 31.8. The van der Waals surface area contributed by atoms with Crippen molar-refractivity contribution in [2.45, 2.75) is 62.2 Å². The first-order chi connectivity index (χ1) is 19.7. The quantitative estimate of drug-likeness (QED) is 0.402. The van der Waals surface area contributed by atoms with Gasteiger partial charge in [0.25, 0.3) is 11.8 Å². The van der Waals surface area contributed by atoms with E-state index in [1.807, 2.05) is 6.92 Å². The molecule has 13 heteroatoms. The molecule has 8 nitrogen and oxygen atoms in total. The van der Waals surface area contributed by atoms with Crippen LogP contribution in [0.3, 0.4) is 0 Å². The Morgan fingerprint density at radius 2 is 1.86 bits per heavy atom. The number of halogens is 4. The standard InChI is InChI=1S/C29H33ClF3N3O5S/c1-4-41-21-10-11-25(23(15-21)22-7-5-6-8-24(22)30)42(39,40)36-14-13-28(31,16-20(36)3)27(38)34-19(2)9-12-26(37)35-17-29(32,33)18-35/h5-12,15,19-20H,4,13-14,16-18H2,1-3H3,(H,34,38)/b12-9+/t19-,20-,28+/m1/s1. The number of sulfonamides is 1. The van der Waals surface area contributed by atoms with Crippen LogP contribution >= 0.6 is 11.6 Å². The minimum atomic E-state index is -4.16. The maximum Gasteiger partial charge on any atom is 0.282 e. The van der Waals surface area contributed by atoms with E-state index in [0.29, 0.717) is 28.5 Å². The number of alkyl halides is 3. The van der Waals surface area contributed by atoms with Gasteiger partial charge in [0, 0.05) is 53.7 Å². The van der Waals surface area contributed by atoms with Gasteiger partial charge in [-0.05, 0) is 45.0 Å². The summed E-state index contributed by atoms with van der Waals surface area (Å²) in [5.41, 5.74) is -1.53. The molecule has 2 aromatic carbocycles. The lowest BCUT2D eigenvalue weighted by molar-refractivity contribution is -0.160.